The summed E-state index contributed by atoms with van der Waals surface area (Å²) in [5.41, 5.74) is 6.31. The predicted octanol–water partition coefficient (Wildman–Crippen LogP) is 5.81. The molecule has 1 heterocycles. The summed E-state index contributed by atoms with van der Waals surface area (Å²) in [6.07, 6.45) is 2.36. The van der Waals surface area contributed by atoms with Gasteiger partial charge in [0.2, 0.25) is 0 Å². The summed E-state index contributed by atoms with van der Waals surface area (Å²) in [6.45, 7) is 4.62. The first-order valence-corrected chi connectivity index (χ1v) is 10.9. The van der Waals surface area contributed by atoms with Crippen LogP contribution in [0, 0.1) is 6.92 Å². The topological polar surface area (TPSA) is 34.9 Å². The van der Waals surface area contributed by atoms with E-state index in [1.165, 1.54) is 11.1 Å². The molecule has 0 fully saturated rings. The van der Waals surface area contributed by atoms with Crippen LogP contribution in [0.3, 0.4) is 0 Å². The number of aryl methyl sites for hydroxylation is 2. The van der Waals surface area contributed by atoms with Crippen LogP contribution in [-0.2, 0) is 19.4 Å². The molecular formula is C28H28N2O. The highest BCUT2D eigenvalue weighted by molar-refractivity contribution is 5.63. The van der Waals surface area contributed by atoms with Gasteiger partial charge in [-0.05, 0) is 35.6 Å². The van der Waals surface area contributed by atoms with Crippen molar-refractivity contribution < 1.29 is 0 Å². The Balaban J connectivity index is 1.67. The lowest BCUT2D eigenvalue weighted by molar-refractivity contribution is 0.640. The second kappa shape index (κ2) is 9.57. The highest BCUT2D eigenvalue weighted by Crippen LogP contribution is 2.20. The molecule has 0 atom stereocenters. The summed E-state index contributed by atoms with van der Waals surface area (Å²) < 4.78 is 1.87. The third-order valence-corrected chi connectivity index (χ3v) is 5.65. The predicted molar refractivity (Wildman–Crippen MR) is 127 cm³/mol. The molecule has 0 unspecified atom stereocenters. The van der Waals surface area contributed by atoms with Crippen LogP contribution >= 0.6 is 0 Å². The first-order chi connectivity index (χ1) is 15.2. The van der Waals surface area contributed by atoms with E-state index in [-0.39, 0.29) is 5.56 Å². The second-order valence-electron chi connectivity index (χ2n) is 7.96. The molecule has 0 N–H and O–H groups in total. The van der Waals surface area contributed by atoms with E-state index in [1.807, 2.05) is 47.9 Å². The fourth-order valence-electron chi connectivity index (χ4n) is 3.95. The number of aromatic nitrogens is 2. The zero-order valence-electron chi connectivity index (χ0n) is 18.2. The molecular weight excluding hydrogens is 380 g/mol. The number of hydrogen-bond donors (Lipinski definition) is 0. The van der Waals surface area contributed by atoms with Crippen molar-refractivity contribution in [2.75, 3.05) is 0 Å². The normalized spacial score (nSPS) is 10.9. The molecule has 1 aromatic heterocycles. The van der Waals surface area contributed by atoms with Crippen LogP contribution in [0.2, 0.25) is 0 Å². The Labute approximate surface area is 184 Å². The first kappa shape index (κ1) is 20.8. The Hall–Kier alpha value is -3.46. The number of benzene rings is 3. The van der Waals surface area contributed by atoms with Gasteiger partial charge in [-0.2, -0.15) is 0 Å². The Morgan fingerprint density at radius 2 is 1.39 bits per heavy atom. The van der Waals surface area contributed by atoms with Crippen molar-refractivity contribution in [3.63, 3.8) is 0 Å². The van der Waals surface area contributed by atoms with E-state index in [2.05, 4.69) is 55.5 Å². The van der Waals surface area contributed by atoms with Crippen LogP contribution in [0.25, 0.3) is 11.1 Å². The summed E-state index contributed by atoms with van der Waals surface area (Å²) >= 11 is 0. The van der Waals surface area contributed by atoms with Gasteiger partial charge in [-0.3, -0.25) is 9.36 Å². The lowest BCUT2D eigenvalue weighted by Crippen LogP contribution is -2.30. The standard InChI is InChI=1S/C28H28N2O/c1-3-10-27-29-21(2)26(19-22-11-6-4-7-12-22)28(31)30(27)20-23-15-17-25(18-16-23)24-13-8-5-9-14-24/h4-9,11-18H,3,10,19-20H2,1-2H3. The van der Waals surface area contributed by atoms with Crippen LogP contribution in [0.4, 0.5) is 0 Å². The molecule has 156 valence electrons. The molecule has 0 bridgehead atoms. The minimum atomic E-state index is 0.0759. The van der Waals surface area contributed by atoms with Crippen molar-refractivity contribution in [2.45, 2.75) is 39.7 Å². The summed E-state index contributed by atoms with van der Waals surface area (Å²) in [5, 5.41) is 0. The zero-order valence-corrected chi connectivity index (χ0v) is 18.2. The Bertz CT molecular complexity index is 1190. The molecule has 0 aliphatic heterocycles. The average Bonchev–Trinajstić information content (AvgIpc) is 2.81. The van der Waals surface area contributed by atoms with Gasteiger partial charge in [0.25, 0.3) is 5.56 Å². The summed E-state index contributed by atoms with van der Waals surface area (Å²) in [7, 11) is 0. The van der Waals surface area contributed by atoms with Crippen LogP contribution in [-0.4, -0.2) is 9.55 Å². The number of hydrogen-bond acceptors (Lipinski definition) is 2. The smallest absolute Gasteiger partial charge is 0.257 e. The lowest BCUT2D eigenvalue weighted by Gasteiger charge is -2.16. The molecule has 3 nitrogen and oxygen atoms in total. The monoisotopic (exact) mass is 408 g/mol. The fraction of sp³-hybridized carbons (Fsp3) is 0.214. The average molecular weight is 409 g/mol. The van der Waals surface area contributed by atoms with Gasteiger partial charge in [-0.15, -0.1) is 0 Å². The van der Waals surface area contributed by atoms with E-state index in [4.69, 9.17) is 4.98 Å². The van der Waals surface area contributed by atoms with Gasteiger partial charge in [0.15, 0.2) is 0 Å². The molecule has 4 aromatic rings. The van der Waals surface area contributed by atoms with E-state index in [9.17, 15) is 4.79 Å². The van der Waals surface area contributed by atoms with Gasteiger partial charge in [0, 0.05) is 24.1 Å². The maximum atomic E-state index is 13.5. The number of rotatable bonds is 7. The van der Waals surface area contributed by atoms with Gasteiger partial charge in [0.05, 0.1) is 6.54 Å². The van der Waals surface area contributed by atoms with Crippen molar-refractivity contribution in [3.05, 3.63) is 123 Å². The molecule has 4 rings (SSSR count). The molecule has 0 radical (unpaired) electrons. The Morgan fingerprint density at radius 1 is 0.774 bits per heavy atom. The van der Waals surface area contributed by atoms with Crippen LogP contribution in [0.15, 0.2) is 89.7 Å². The molecule has 0 amide bonds. The zero-order chi connectivity index (χ0) is 21.6. The van der Waals surface area contributed by atoms with E-state index in [0.717, 1.165) is 41.1 Å². The van der Waals surface area contributed by atoms with Gasteiger partial charge < -0.3 is 0 Å². The minimum absolute atomic E-state index is 0.0759. The van der Waals surface area contributed by atoms with Crippen molar-refractivity contribution in [1.29, 1.82) is 0 Å². The largest absolute Gasteiger partial charge is 0.292 e. The first-order valence-electron chi connectivity index (χ1n) is 10.9. The minimum Gasteiger partial charge on any atom is -0.292 e. The van der Waals surface area contributed by atoms with Crippen LogP contribution in [0.1, 0.15) is 41.6 Å². The summed E-state index contributed by atoms with van der Waals surface area (Å²) in [5.74, 6) is 0.869. The molecule has 0 aliphatic carbocycles. The highest BCUT2D eigenvalue weighted by Gasteiger charge is 2.15. The molecule has 3 heteroatoms. The molecule has 0 aliphatic rings. The van der Waals surface area contributed by atoms with E-state index < -0.39 is 0 Å². The molecule has 0 spiro atoms. The van der Waals surface area contributed by atoms with Crippen molar-refractivity contribution in [2.24, 2.45) is 0 Å². The Morgan fingerprint density at radius 3 is 2.03 bits per heavy atom. The molecule has 31 heavy (non-hydrogen) atoms. The molecule has 0 saturated carbocycles. The van der Waals surface area contributed by atoms with E-state index in [0.29, 0.717) is 13.0 Å². The van der Waals surface area contributed by atoms with Gasteiger partial charge in [-0.1, -0.05) is 91.9 Å². The van der Waals surface area contributed by atoms with Crippen LogP contribution < -0.4 is 5.56 Å². The molecule has 3 aromatic carbocycles. The third-order valence-electron chi connectivity index (χ3n) is 5.65. The highest BCUT2D eigenvalue weighted by atomic mass is 16.1. The van der Waals surface area contributed by atoms with Gasteiger partial charge in [-0.25, -0.2) is 4.98 Å². The molecule has 0 saturated heterocycles. The maximum absolute atomic E-state index is 13.5. The second-order valence-corrected chi connectivity index (χ2v) is 7.96. The fourth-order valence-corrected chi connectivity index (χ4v) is 3.95. The summed E-state index contributed by atoms with van der Waals surface area (Å²) in [4.78, 5) is 18.3. The lowest BCUT2D eigenvalue weighted by atomic mass is 10.0. The van der Waals surface area contributed by atoms with Crippen molar-refractivity contribution in [3.8, 4) is 11.1 Å². The summed E-state index contributed by atoms with van der Waals surface area (Å²) in [6, 6.07) is 29.0. The van der Waals surface area contributed by atoms with Gasteiger partial charge in [0.1, 0.15) is 5.82 Å². The van der Waals surface area contributed by atoms with E-state index in [1.54, 1.807) is 0 Å². The van der Waals surface area contributed by atoms with E-state index >= 15 is 0 Å². The number of nitrogens with zero attached hydrogens (tertiary/aromatic N) is 2. The maximum Gasteiger partial charge on any atom is 0.257 e. The third kappa shape index (κ3) is 4.83. The SMILES string of the molecule is CCCc1nc(C)c(Cc2ccccc2)c(=O)n1Cc1ccc(-c2ccccc2)cc1. The van der Waals surface area contributed by atoms with Crippen molar-refractivity contribution in [1.82, 2.24) is 9.55 Å². The van der Waals surface area contributed by atoms with Gasteiger partial charge >= 0.3 is 0 Å². The van der Waals surface area contributed by atoms with Crippen LogP contribution in [0.5, 0.6) is 0 Å². The quantitative estimate of drug-likeness (QED) is 0.387. The Kier molecular flexibility index (Phi) is 6.42. The van der Waals surface area contributed by atoms with Crippen molar-refractivity contribution >= 4 is 0 Å².